The summed E-state index contributed by atoms with van der Waals surface area (Å²) in [5.41, 5.74) is 1.80. The van der Waals surface area contributed by atoms with Crippen molar-refractivity contribution in [3.05, 3.63) is 53.6 Å². The molecule has 0 radical (unpaired) electrons. The first-order valence-electron chi connectivity index (χ1n) is 7.65. The van der Waals surface area contributed by atoms with Crippen molar-refractivity contribution < 1.29 is 19.0 Å². The Morgan fingerprint density at radius 3 is 2.29 bits per heavy atom. The molecule has 0 atom stereocenters. The third-order valence-corrected chi connectivity index (χ3v) is 3.86. The van der Waals surface area contributed by atoms with Crippen LogP contribution >= 0.6 is 0 Å². The third kappa shape index (κ3) is 4.19. The third-order valence-electron chi connectivity index (χ3n) is 3.86. The first-order chi connectivity index (χ1) is 11.6. The number of amides is 1. The van der Waals surface area contributed by atoms with Crippen LogP contribution in [0.1, 0.15) is 11.1 Å². The fraction of sp³-hybridized carbons (Fsp3) is 0.316. The van der Waals surface area contributed by atoms with Gasteiger partial charge in [0.1, 0.15) is 17.2 Å². The second-order valence-corrected chi connectivity index (χ2v) is 5.42. The van der Waals surface area contributed by atoms with Crippen molar-refractivity contribution in [3.8, 4) is 17.2 Å². The molecule has 0 saturated carbocycles. The fourth-order valence-corrected chi connectivity index (χ4v) is 2.47. The highest BCUT2D eigenvalue weighted by Crippen LogP contribution is 2.26. The van der Waals surface area contributed by atoms with Gasteiger partial charge in [0.2, 0.25) is 5.91 Å². The van der Waals surface area contributed by atoms with E-state index in [-0.39, 0.29) is 5.91 Å². The Balaban J connectivity index is 2.09. The number of methoxy groups -OCH3 is 3. The molecule has 0 aliphatic carbocycles. The van der Waals surface area contributed by atoms with Crippen LogP contribution in [0.3, 0.4) is 0 Å². The fourth-order valence-electron chi connectivity index (χ4n) is 2.47. The second-order valence-electron chi connectivity index (χ2n) is 5.42. The summed E-state index contributed by atoms with van der Waals surface area (Å²) in [5, 5.41) is 0. The molecule has 0 N–H and O–H groups in total. The van der Waals surface area contributed by atoms with E-state index < -0.39 is 0 Å². The number of para-hydroxylation sites is 1. The summed E-state index contributed by atoms with van der Waals surface area (Å²) in [6.45, 7) is 0.459. The molecule has 0 unspecified atom stereocenters. The number of hydrogen-bond donors (Lipinski definition) is 0. The van der Waals surface area contributed by atoms with E-state index in [0.29, 0.717) is 18.7 Å². The maximum absolute atomic E-state index is 12.5. The number of ether oxygens (including phenoxy) is 3. The molecule has 0 saturated heterocycles. The van der Waals surface area contributed by atoms with E-state index >= 15 is 0 Å². The van der Waals surface area contributed by atoms with E-state index in [1.54, 1.807) is 33.3 Å². The normalized spacial score (nSPS) is 10.2. The summed E-state index contributed by atoms with van der Waals surface area (Å²) in [5.74, 6) is 2.16. The Morgan fingerprint density at radius 1 is 0.917 bits per heavy atom. The number of benzene rings is 2. The highest BCUT2D eigenvalue weighted by atomic mass is 16.5. The number of rotatable bonds is 7. The van der Waals surface area contributed by atoms with Crippen LogP contribution < -0.4 is 14.2 Å². The van der Waals surface area contributed by atoms with Crippen LogP contribution in [0.15, 0.2) is 42.5 Å². The Labute approximate surface area is 142 Å². The van der Waals surface area contributed by atoms with Crippen molar-refractivity contribution in [2.45, 2.75) is 13.0 Å². The van der Waals surface area contributed by atoms with Crippen molar-refractivity contribution in [1.82, 2.24) is 4.90 Å². The molecule has 0 aromatic heterocycles. The van der Waals surface area contributed by atoms with Gasteiger partial charge in [0.25, 0.3) is 0 Å². The van der Waals surface area contributed by atoms with E-state index in [9.17, 15) is 4.79 Å². The van der Waals surface area contributed by atoms with Gasteiger partial charge in [0.05, 0.1) is 27.8 Å². The average Bonchev–Trinajstić information content (AvgIpc) is 2.62. The number of carbonyl (C=O) groups is 1. The zero-order chi connectivity index (χ0) is 17.5. The molecule has 0 aliphatic heterocycles. The minimum atomic E-state index is 0.0115. The van der Waals surface area contributed by atoms with Gasteiger partial charge in [-0.1, -0.05) is 18.2 Å². The highest BCUT2D eigenvalue weighted by Gasteiger charge is 2.15. The zero-order valence-electron chi connectivity index (χ0n) is 14.5. The lowest BCUT2D eigenvalue weighted by atomic mass is 10.1. The summed E-state index contributed by atoms with van der Waals surface area (Å²) in [6, 6.07) is 13.1. The van der Waals surface area contributed by atoms with E-state index in [0.717, 1.165) is 22.6 Å². The van der Waals surface area contributed by atoms with Crippen molar-refractivity contribution in [2.75, 3.05) is 28.4 Å². The number of hydrogen-bond acceptors (Lipinski definition) is 4. The lowest BCUT2D eigenvalue weighted by molar-refractivity contribution is -0.129. The highest BCUT2D eigenvalue weighted by molar-refractivity contribution is 5.79. The van der Waals surface area contributed by atoms with Crippen molar-refractivity contribution >= 4 is 5.91 Å². The standard InChI is InChI=1S/C19H23NO4/c1-20(13-15-9-10-16(22-2)12-18(15)24-4)19(21)11-14-7-5-6-8-17(14)23-3/h5-10,12H,11,13H2,1-4H3. The molecule has 128 valence electrons. The van der Waals surface area contributed by atoms with Crippen LogP contribution in [0, 0.1) is 0 Å². The molecule has 2 rings (SSSR count). The Bertz CT molecular complexity index is 700. The van der Waals surface area contributed by atoms with Gasteiger partial charge in [-0.15, -0.1) is 0 Å². The van der Waals surface area contributed by atoms with Gasteiger partial charge in [0.15, 0.2) is 0 Å². The summed E-state index contributed by atoms with van der Waals surface area (Å²) in [7, 11) is 6.60. The average molecular weight is 329 g/mol. The lowest BCUT2D eigenvalue weighted by Gasteiger charge is -2.20. The van der Waals surface area contributed by atoms with Crippen LogP contribution in [0.5, 0.6) is 17.2 Å². The molecule has 5 nitrogen and oxygen atoms in total. The first-order valence-corrected chi connectivity index (χ1v) is 7.65. The van der Waals surface area contributed by atoms with Gasteiger partial charge in [-0.05, 0) is 18.2 Å². The SMILES string of the molecule is COc1ccc(CN(C)C(=O)Cc2ccccc2OC)c(OC)c1. The summed E-state index contributed by atoms with van der Waals surface area (Å²) in [4.78, 5) is 14.2. The largest absolute Gasteiger partial charge is 0.497 e. The van der Waals surface area contributed by atoms with E-state index in [4.69, 9.17) is 14.2 Å². The molecule has 5 heteroatoms. The lowest BCUT2D eigenvalue weighted by Crippen LogP contribution is -2.28. The Kier molecular flexibility index (Phi) is 6.07. The maximum atomic E-state index is 12.5. The Morgan fingerprint density at radius 2 is 1.62 bits per heavy atom. The van der Waals surface area contributed by atoms with Gasteiger partial charge in [0, 0.05) is 30.8 Å². The topological polar surface area (TPSA) is 48.0 Å². The van der Waals surface area contributed by atoms with E-state index in [2.05, 4.69) is 0 Å². The maximum Gasteiger partial charge on any atom is 0.227 e. The minimum Gasteiger partial charge on any atom is -0.497 e. The van der Waals surface area contributed by atoms with Crippen molar-refractivity contribution in [2.24, 2.45) is 0 Å². The molecule has 24 heavy (non-hydrogen) atoms. The molecule has 2 aromatic rings. The predicted molar refractivity (Wildman–Crippen MR) is 92.7 cm³/mol. The smallest absolute Gasteiger partial charge is 0.227 e. The first kappa shape index (κ1) is 17.7. The Hall–Kier alpha value is -2.69. The van der Waals surface area contributed by atoms with Crippen LogP contribution in [0.25, 0.3) is 0 Å². The summed E-state index contributed by atoms with van der Waals surface area (Å²) < 4.78 is 15.9. The molecule has 0 heterocycles. The van der Waals surface area contributed by atoms with Gasteiger partial charge >= 0.3 is 0 Å². The second kappa shape index (κ2) is 8.24. The van der Waals surface area contributed by atoms with Gasteiger partial charge in [-0.25, -0.2) is 0 Å². The zero-order valence-corrected chi connectivity index (χ0v) is 14.5. The monoisotopic (exact) mass is 329 g/mol. The summed E-state index contributed by atoms with van der Waals surface area (Å²) >= 11 is 0. The molecule has 2 aromatic carbocycles. The minimum absolute atomic E-state index is 0.0115. The molecule has 0 fully saturated rings. The van der Waals surface area contributed by atoms with Crippen LogP contribution in [-0.4, -0.2) is 39.2 Å². The van der Waals surface area contributed by atoms with Crippen LogP contribution in [-0.2, 0) is 17.8 Å². The molecule has 0 bridgehead atoms. The molecule has 0 spiro atoms. The molecular formula is C19H23NO4. The molecular weight excluding hydrogens is 306 g/mol. The number of nitrogens with zero attached hydrogens (tertiary/aromatic N) is 1. The quantitative estimate of drug-likeness (QED) is 0.784. The molecule has 1 amide bonds. The van der Waals surface area contributed by atoms with E-state index in [1.807, 2.05) is 42.5 Å². The van der Waals surface area contributed by atoms with Crippen molar-refractivity contribution in [3.63, 3.8) is 0 Å². The molecule has 0 aliphatic rings. The van der Waals surface area contributed by atoms with Gasteiger partial charge in [-0.3, -0.25) is 4.79 Å². The summed E-state index contributed by atoms with van der Waals surface area (Å²) in [6.07, 6.45) is 0.291. The number of likely N-dealkylation sites (N-methyl/N-ethyl adjacent to an activating group) is 1. The van der Waals surface area contributed by atoms with Crippen molar-refractivity contribution in [1.29, 1.82) is 0 Å². The van der Waals surface area contributed by atoms with Gasteiger partial charge in [-0.2, -0.15) is 0 Å². The van der Waals surface area contributed by atoms with Crippen LogP contribution in [0.4, 0.5) is 0 Å². The predicted octanol–water partition coefficient (Wildman–Crippen LogP) is 2.91. The van der Waals surface area contributed by atoms with Crippen LogP contribution in [0.2, 0.25) is 0 Å². The number of carbonyl (C=O) groups excluding carboxylic acids is 1. The van der Waals surface area contributed by atoms with Gasteiger partial charge < -0.3 is 19.1 Å². The van der Waals surface area contributed by atoms with E-state index in [1.165, 1.54) is 0 Å².